The molecule has 0 amide bonds. The van der Waals surface area contributed by atoms with E-state index in [-0.39, 0.29) is 6.04 Å². The topological polar surface area (TPSA) is 60.3 Å². The molecule has 0 bridgehead atoms. The Morgan fingerprint density at radius 3 is 2.86 bits per heavy atom. The van der Waals surface area contributed by atoms with Gasteiger partial charge in [-0.3, -0.25) is 0 Å². The van der Waals surface area contributed by atoms with Crippen LogP contribution in [0.25, 0.3) is 0 Å². The molecule has 0 saturated carbocycles. The average Bonchev–Trinajstić information content (AvgIpc) is 2.68. The van der Waals surface area contributed by atoms with E-state index in [0.29, 0.717) is 24.2 Å². The molecule has 0 N–H and O–H groups in total. The van der Waals surface area contributed by atoms with E-state index in [1.165, 1.54) is 6.20 Å². The number of hydrogen-bond acceptors (Lipinski definition) is 5. The van der Waals surface area contributed by atoms with Crippen molar-refractivity contribution in [2.24, 2.45) is 10.9 Å². The molecule has 1 aromatic rings. The molecule has 1 aliphatic rings. The number of rotatable bonds is 2. The number of hydrogen-bond donors (Lipinski definition) is 0. The van der Waals surface area contributed by atoms with Crippen molar-refractivity contribution in [2.75, 3.05) is 6.61 Å². The second-order valence-electron chi connectivity index (χ2n) is 3.52. The van der Waals surface area contributed by atoms with E-state index in [1.54, 1.807) is 6.20 Å². The highest BCUT2D eigenvalue weighted by Crippen LogP contribution is 2.15. The maximum absolute atomic E-state index is 5.40. The smallest absolute Gasteiger partial charge is 0.257 e. The highest BCUT2D eigenvalue weighted by molar-refractivity contribution is 5.91. The summed E-state index contributed by atoms with van der Waals surface area (Å²) in [6.07, 6.45) is 3.11. The lowest BCUT2D eigenvalue weighted by atomic mass is 10.1. The van der Waals surface area contributed by atoms with Crippen LogP contribution in [0.4, 0.5) is 0 Å². The maximum Gasteiger partial charge on any atom is 0.257 e. The van der Waals surface area contributed by atoms with Crippen LogP contribution >= 0.6 is 0 Å². The van der Waals surface area contributed by atoms with Gasteiger partial charge in [-0.15, -0.1) is 5.10 Å². The molecule has 0 saturated heterocycles. The summed E-state index contributed by atoms with van der Waals surface area (Å²) in [5.41, 5.74) is 0. The molecule has 1 aromatic heterocycles. The van der Waals surface area contributed by atoms with E-state index in [2.05, 4.69) is 34.0 Å². The number of nitrogens with zero attached hydrogens (tertiary/aromatic N) is 4. The van der Waals surface area contributed by atoms with Crippen molar-refractivity contribution in [3.8, 4) is 0 Å². The standard InChI is InChI=1S/C9H12N4O/c1-6(2)7-5-14-9(12-7)8-10-3-4-11-13-8/h3-4,6-7H,5H2,1-2H3. The summed E-state index contributed by atoms with van der Waals surface area (Å²) < 4.78 is 5.40. The van der Waals surface area contributed by atoms with E-state index in [4.69, 9.17) is 4.74 Å². The van der Waals surface area contributed by atoms with Crippen molar-refractivity contribution in [1.82, 2.24) is 15.2 Å². The summed E-state index contributed by atoms with van der Waals surface area (Å²) in [4.78, 5) is 8.41. The Balaban J connectivity index is 2.18. The van der Waals surface area contributed by atoms with Gasteiger partial charge in [0.25, 0.3) is 5.90 Å². The fraction of sp³-hybridized carbons (Fsp3) is 0.556. The predicted octanol–water partition coefficient (Wildman–Crippen LogP) is 0.673. The molecule has 74 valence electrons. The van der Waals surface area contributed by atoms with Crippen molar-refractivity contribution in [2.45, 2.75) is 19.9 Å². The minimum Gasteiger partial charge on any atom is -0.473 e. The largest absolute Gasteiger partial charge is 0.473 e. The van der Waals surface area contributed by atoms with Crippen LogP contribution in [0.5, 0.6) is 0 Å². The highest BCUT2D eigenvalue weighted by atomic mass is 16.5. The van der Waals surface area contributed by atoms with Gasteiger partial charge in [0, 0.05) is 6.20 Å². The van der Waals surface area contributed by atoms with Crippen LogP contribution in [0.2, 0.25) is 0 Å². The Labute approximate surface area is 82.3 Å². The second-order valence-corrected chi connectivity index (χ2v) is 3.52. The van der Waals surface area contributed by atoms with Gasteiger partial charge in [0.1, 0.15) is 6.61 Å². The van der Waals surface area contributed by atoms with Crippen molar-refractivity contribution < 1.29 is 4.74 Å². The van der Waals surface area contributed by atoms with Gasteiger partial charge in [0.15, 0.2) is 0 Å². The first-order chi connectivity index (χ1) is 6.77. The van der Waals surface area contributed by atoms with Crippen molar-refractivity contribution in [1.29, 1.82) is 0 Å². The van der Waals surface area contributed by atoms with Gasteiger partial charge in [-0.1, -0.05) is 13.8 Å². The number of aliphatic imine (C=N–C) groups is 1. The Morgan fingerprint density at radius 2 is 2.29 bits per heavy atom. The van der Waals surface area contributed by atoms with Crippen LogP contribution in [-0.2, 0) is 4.74 Å². The monoisotopic (exact) mass is 192 g/mol. The second kappa shape index (κ2) is 3.69. The number of ether oxygens (including phenoxy) is 1. The normalized spacial score (nSPS) is 20.8. The molecule has 1 atom stereocenters. The van der Waals surface area contributed by atoms with E-state index in [0.717, 1.165) is 0 Å². The minimum absolute atomic E-state index is 0.216. The number of aromatic nitrogens is 3. The first-order valence-corrected chi connectivity index (χ1v) is 4.62. The van der Waals surface area contributed by atoms with Crippen LogP contribution < -0.4 is 0 Å². The molecule has 5 nitrogen and oxygen atoms in total. The summed E-state index contributed by atoms with van der Waals surface area (Å²) in [7, 11) is 0. The molecule has 0 spiro atoms. The van der Waals surface area contributed by atoms with Crippen LogP contribution in [0, 0.1) is 5.92 Å². The van der Waals surface area contributed by atoms with Crippen molar-refractivity contribution >= 4 is 5.90 Å². The first-order valence-electron chi connectivity index (χ1n) is 4.62. The molecule has 0 aliphatic carbocycles. The van der Waals surface area contributed by atoms with Crippen LogP contribution in [0.3, 0.4) is 0 Å². The third-order valence-electron chi connectivity index (χ3n) is 2.12. The molecule has 1 aliphatic heterocycles. The molecular formula is C9H12N4O. The highest BCUT2D eigenvalue weighted by Gasteiger charge is 2.24. The van der Waals surface area contributed by atoms with Gasteiger partial charge in [0.05, 0.1) is 12.2 Å². The van der Waals surface area contributed by atoms with Crippen LogP contribution in [0.15, 0.2) is 17.4 Å². The van der Waals surface area contributed by atoms with E-state index in [1.807, 2.05) is 0 Å². The first kappa shape index (κ1) is 9.05. The summed E-state index contributed by atoms with van der Waals surface area (Å²) in [6.45, 7) is 4.85. The van der Waals surface area contributed by atoms with E-state index < -0.39 is 0 Å². The third kappa shape index (κ3) is 1.71. The minimum atomic E-state index is 0.216. The Kier molecular flexibility index (Phi) is 2.39. The lowest BCUT2D eigenvalue weighted by Crippen LogP contribution is -2.13. The van der Waals surface area contributed by atoms with Gasteiger partial charge in [-0.2, -0.15) is 5.10 Å². The van der Waals surface area contributed by atoms with Crippen LogP contribution in [-0.4, -0.2) is 33.7 Å². The SMILES string of the molecule is CC(C)C1COC(c2nccnn2)=N1. The van der Waals surface area contributed by atoms with Gasteiger partial charge < -0.3 is 4.74 Å². The predicted molar refractivity (Wildman–Crippen MR) is 50.9 cm³/mol. The Bertz CT molecular complexity index is 336. The van der Waals surface area contributed by atoms with Crippen molar-refractivity contribution in [3.05, 3.63) is 18.2 Å². The average molecular weight is 192 g/mol. The van der Waals surface area contributed by atoms with Crippen molar-refractivity contribution in [3.63, 3.8) is 0 Å². The maximum atomic E-state index is 5.40. The lowest BCUT2D eigenvalue weighted by Gasteiger charge is -2.06. The molecule has 1 unspecified atom stereocenters. The zero-order valence-electron chi connectivity index (χ0n) is 8.21. The van der Waals surface area contributed by atoms with Crippen LogP contribution in [0.1, 0.15) is 19.7 Å². The molecule has 5 heteroatoms. The third-order valence-corrected chi connectivity index (χ3v) is 2.12. The molecular weight excluding hydrogens is 180 g/mol. The fourth-order valence-electron chi connectivity index (χ4n) is 1.20. The molecule has 0 radical (unpaired) electrons. The Hall–Kier alpha value is -1.52. The zero-order valence-corrected chi connectivity index (χ0v) is 8.21. The quantitative estimate of drug-likeness (QED) is 0.691. The fourth-order valence-corrected chi connectivity index (χ4v) is 1.20. The van der Waals surface area contributed by atoms with Gasteiger partial charge >= 0.3 is 0 Å². The summed E-state index contributed by atoms with van der Waals surface area (Å²) >= 11 is 0. The summed E-state index contributed by atoms with van der Waals surface area (Å²) in [5, 5.41) is 7.56. The van der Waals surface area contributed by atoms with Gasteiger partial charge in [-0.05, 0) is 5.92 Å². The molecule has 14 heavy (non-hydrogen) atoms. The molecule has 2 heterocycles. The van der Waals surface area contributed by atoms with Gasteiger partial charge in [-0.25, -0.2) is 9.98 Å². The van der Waals surface area contributed by atoms with E-state index >= 15 is 0 Å². The lowest BCUT2D eigenvalue weighted by molar-refractivity contribution is 0.290. The Morgan fingerprint density at radius 1 is 1.43 bits per heavy atom. The molecule has 0 fully saturated rings. The summed E-state index contributed by atoms with van der Waals surface area (Å²) in [6, 6.07) is 0.216. The molecule has 0 aromatic carbocycles. The molecule has 2 rings (SSSR count). The zero-order chi connectivity index (χ0) is 9.97. The summed E-state index contributed by atoms with van der Waals surface area (Å²) in [5.74, 6) is 1.46. The van der Waals surface area contributed by atoms with E-state index in [9.17, 15) is 0 Å². The van der Waals surface area contributed by atoms with Gasteiger partial charge in [0.2, 0.25) is 5.82 Å².